The van der Waals surface area contributed by atoms with Gasteiger partial charge in [0.1, 0.15) is 0 Å². The maximum absolute atomic E-state index is 12.0. The van der Waals surface area contributed by atoms with Gasteiger partial charge >= 0.3 is 41.7 Å². The van der Waals surface area contributed by atoms with Gasteiger partial charge in [0.05, 0.1) is 29.1 Å². The monoisotopic (exact) mass is 337 g/mol. The van der Waals surface area contributed by atoms with Crippen LogP contribution in [-0.4, -0.2) is 0 Å². The summed E-state index contributed by atoms with van der Waals surface area (Å²) in [6.07, 6.45) is 0. The maximum Gasteiger partial charge on any atom is 3.00 e. The Kier molecular flexibility index (Phi) is 10.6. The molecule has 0 bridgehead atoms. The number of hydrogen-bond acceptors (Lipinski definition) is 0. The van der Waals surface area contributed by atoms with E-state index in [9.17, 15) is 22.0 Å². The van der Waals surface area contributed by atoms with Crippen molar-refractivity contribution in [3.8, 4) is 0 Å². The van der Waals surface area contributed by atoms with Gasteiger partial charge in [-0.2, -0.15) is 0 Å². The molecule has 6 heteroatoms. The van der Waals surface area contributed by atoms with E-state index in [1.54, 1.807) is 0 Å². The summed E-state index contributed by atoms with van der Waals surface area (Å²) in [5.41, 5.74) is 0. The molecule has 1 rings (SSSR count). The number of halogens is 5. The maximum atomic E-state index is 12.0. The second-order valence-electron chi connectivity index (χ2n) is 1.69. The van der Waals surface area contributed by atoms with E-state index < -0.39 is 29.1 Å². The number of rotatable bonds is 0. The summed E-state index contributed by atoms with van der Waals surface area (Å²) in [6, 6.07) is 1.02. The molecule has 0 aliphatic rings. The van der Waals surface area contributed by atoms with Crippen molar-refractivity contribution in [3.05, 3.63) is 50.0 Å². The molecule has 77 valence electrons. The average molecular weight is 337 g/mol. The van der Waals surface area contributed by atoms with Crippen molar-refractivity contribution in [3.63, 3.8) is 0 Å². The molecule has 0 aliphatic heterocycles. The summed E-state index contributed by atoms with van der Waals surface area (Å²) in [5.74, 6) is -10.0. The molecule has 0 heterocycles. The smallest absolute Gasteiger partial charge is 0.358 e. The Bertz CT molecular complexity index is 274. The van der Waals surface area contributed by atoms with Crippen LogP contribution in [0.25, 0.3) is 0 Å². The number of hydrogen-bond donors (Lipinski definition) is 0. The fourth-order valence-corrected chi connectivity index (χ4v) is 0.495. The Hall–Kier alpha value is 0.247. The van der Waals surface area contributed by atoms with Crippen molar-refractivity contribution in [2.45, 2.75) is 0 Å². The molecule has 0 aromatic heterocycles. The standard InChI is InChI=1S/C6F5.2CH3.Ce/c7-2-1-3(8)5(10)6(11)4(2)9;;;/h;2*1H3;/q3*-1;+3. The molecular formula is C8H6CeF5. The van der Waals surface area contributed by atoms with E-state index >= 15 is 0 Å². The summed E-state index contributed by atoms with van der Waals surface area (Å²) in [4.78, 5) is 0. The molecule has 0 fully saturated rings. The van der Waals surface area contributed by atoms with E-state index in [1.165, 1.54) is 0 Å². The molecule has 1 aromatic rings. The van der Waals surface area contributed by atoms with Crippen LogP contribution in [0.4, 0.5) is 22.0 Å². The SMILES string of the molecule is Fc1[c-]c(F)c(F)c(F)c1F.[CH3-].[CH3-].[Ce+3]. The molecule has 0 spiro atoms. The van der Waals surface area contributed by atoms with Gasteiger partial charge in [-0.05, 0) is 0 Å². The molecule has 0 nitrogen and oxygen atoms in total. The van der Waals surface area contributed by atoms with Crippen molar-refractivity contribution in [2.24, 2.45) is 0 Å². The summed E-state index contributed by atoms with van der Waals surface area (Å²) in [7, 11) is 0. The van der Waals surface area contributed by atoms with Crippen LogP contribution in [0.3, 0.4) is 0 Å². The van der Waals surface area contributed by atoms with Gasteiger partial charge in [0.2, 0.25) is 0 Å². The first-order valence-electron chi connectivity index (χ1n) is 2.44. The molecule has 0 aliphatic carbocycles. The van der Waals surface area contributed by atoms with Crippen LogP contribution in [0.1, 0.15) is 0 Å². The van der Waals surface area contributed by atoms with Crippen molar-refractivity contribution in [1.29, 1.82) is 0 Å². The van der Waals surface area contributed by atoms with Crippen LogP contribution in [0.5, 0.6) is 0 Å². The zero-order valence-electron chi connectivity index (χ0n) is 7.39. The average Bonchev–Trinajstić information content (AvgIpc) is 1.97. The molecule has 0 unspecified atom stereocenters. The third-order valence-corrected chi connectivity index (χ3v) is 0.990. The van der Waals surface area contributed by atoms with E-state index in [4.69, 9.17) is 0 Å². The summed E-state index contributed by atoms with van der Waals surface area (Å²) in [5, 5.41) is 0. The van der Waals surface area contributed by atoms with Gasteiger partial charge in [-0.1, -0.05) is 0 Å². The van der Waals surface area contributed by atoms with Crippen LogP contribution in [0.2, 0.25) is 0 Å². The summed E-state index contributed by atoms with van der Waals surface area (Å²) >= 11 is 0. The number of benzene rings is 1. The zero-order chi connectivity index (χ0) is 8.59. The Balaban J connectivity index is -0.000000403. The van der Waals surface area contributed by atoms with Crippen molar-refractivity contribution < 1.29 is 63.7 Å². The molecule has 0 atom stereocenters. The molecule has 0 amide bonds. The molecule has 1 radical (unpaired) electrons. The zero-order valence-corrected chi connectivity index (χ0v) is 10.5. The Morgan fingerprint density at radius 1 is 0.643 bits per heavy atom. The van der Waals surface area contributed by atoms with Crippen LogP contribution < -0.4 is 0 Å². The van der Waals surface area contributed by atoms with Crippen LogP contribution in [0, 0.1) is 91.8 Å². The third-order valence-electron chi connectivity index (χ3n) is 0.990. The second kappa shape index (κ2) is 7.53. The minimum Gasteiger partial charge on any atom is -0.358 e. The first-order valence-corrected chi connectivity index (χ1v) is 2.44. The van der Waals surface area contributed by atoms with E-state index in [0.717, 1.165) is 6.07 Å². The van der Waals surface area contributed by atoms with Gasteiger partial charge in [0.25, 0.3) is 0 Å². The second-order valence-corrected chi connectivity index (χ2v) is 1.69. The molecule has 0 saturated heterocycles. The largest absolute Gasteiger partial charge is 3.00 e. The summed E-state index contributed by atoms with van der Waals surface area (Å²) < 4.78 is 59.9. The molecule has 14 heavy (non-hydrogen) atoms. The Morgan fingerprint density at radius 2 is 0.929 bits per heavy atom. The first kappa shape index (κ1) is 19.8. The van der Waals surface area contributed by atoms with E-state index in [0.29, 0.717) is 0 Å². The van der Waals surface area contributed by atoms with Gasteiger partial charge in [-0.15, -0.1) is 6.07 Å². The van der Waals surface area contributed by atoms with Gasteiger partial charge in [-0.3, -0.25) is 8.78 Å². The van der Waals surface area contributed by atoms with Gasteiger partial charge in [0.15, 0.2) is 0 Å². The minimum atomic E-state index is -2.17. The topological polar surface area (TPSA) is 0 Å². The van der Waals surface area contributed by atoms with Crippen LogP contribution in [0.15, 0.2) is 0 Å². The molecule has 0 N–H and O–H groups in total. The van der Waals surface area contributed by atoms with E-state index in [1.807, 2.05) is 0 Å². The fraction of sp³-hybridized carbons (Fsp3) is 0. The normalized spacial score (nSPS) is 8.07. The van der Waals surface area contributed by atoms with Crippen LogP contribution >= 0.6 is 0 Å². The molecule has 0 saturated carbocycles. The quantitative estimate of drug-likeness (QED) is 0.295. The van der Waals surface area contributed by atoms with Crippen molar-refractivity contribution >= 4 is 0 Å². The van der Waals surface area contributed by atoms with Gasteiger partial charge in [0, 0.05) is 0 Å². The Morgan fingerprint density at radius 3 is 1.21 bits per heavy atom. The van der Waals surface area contributed by atoms with Crippen molar-refractivity contribution in [1.82, 2.24) is 0 Å². The third kappa shape index (κ3) is 3.78. The first-order chi connectivity index (χ1) is 5.04. The van der Waals surface area contributed by atoms with Crippen LogP contribution in [-0.2, 0) is 0 Å². The van der Waals surface area contributed by atoms with Gasteiger partial charge < -0.3 is 14.9 Å². The minimum absolute atomic E-state index is 0. The molecule has 1 aromatic carbocycles. The Labute approximate surface area is 113 Å². The fourth-order valence-electron chi connectivity index (χ4n) is 0.495. The molecular weight excluding hydrogens is 331 g/mol. The van der Waals surface area contributed by atoms with E-state index in [2.05, 4.69) is 0 Å². The predicted molar refractivity (Wildman–Crippen MR) is 37.9 cm³/mol. The van der Waals surface area contributed by atoms with Gasteiger partial charge in [-0.25, -0.2) is 13.2 Å². The van der Waals surface area contributed by atoms with Crippen molar-refractivity contribution in [2.75, 3.05) is 0 Å². The predicted octanol–water partition coefficient (Wildman–Crippen LogP) is 3.08. The summed E-state index contributed by atoms with van der Waals surface area (Å²) in [6.45, 7) is 0. The van der Waals surface area contributed by atoms with E-state index in [-0.39, 0.29) is 56.6 Å².